The van der Waals surface area contributed by atoms with Crippen LogP contribution < -0.4 is 21.3 Å². The fourth-order valence-electron chi connectivity index (χ4n) is 5.55. The average molecular weight is 663 g/mol. The smallest absolute Gasteiger partial charge is 0.319 e. The van der Waals surface area contributed by atoms with E-state index in [4.69, 9.17) is 0 Å². The Balaban J connectivity index is 0.000000154. The summed E-state index contributed by atoms with van der Waals surface area (Å²) >= 11 is 0. The summed E-state index contributed by atoms with van der Waals surface area (Å²) in [6.07, 6.45) is 4.50. The molecule has 0 saturated heterocycles. The maximum atomic E-state index is 12.1. The summed E-state index contributed by atoms with van der Waals surface area (Å²) in [4.78, 5) is 40.1. The number of hydrogen-bond acceptors (Lipinski definition) is 6. The Morgan fingerprint density at radius 2 is 1.14 bits per heavy atom. The highest BCUT2D eigenvalue weighted by molar-refractivity contribution is 5.95. The molecule has 14 heteroatoms. The minimum Gasteiger partial charge on any atom is -0.338 e. The van der Waals surface area contributed by atoms with Crippen molar-refractivity contribution in [1.82, 2.24) is 51.0 Å². The number of rotatable bonds is 7. The van der Waals surface area contributed by atoms with Crippen LogP contribution in [0.4, 0.5) is 21.0 Å². The van der Waals surface area contributed by atoms with Gasteiger partial charge in [-0.1, -0.05) is 0 Å². The van der Waals surface area contributed by atoms with E-state index in [9.17, 15) is 9.59 Å². The first-order chi connectivity index (χ1) is 23.5. The van der Waals surface area contributed by atoms with E-state index in [2.05, 4.69) is 114 Å². The van der Waals surface area contributed by atoms with E-state index in [1.165, 1.54) is 35.1 Å². The molecule has 4 heterocycles. The number of aryl methyl sites for hydroxylation is 6. The van der Waals surface area contributed by atoms with Gasteiger partial charge in [0.1, 0.15) is 0 Å². The van der Waals surface area contributed by atoms with Gasteiger partial charge in [-0.05, 0) is 120 Å². The standard InChI is InChI=1S/C18H22N6O.C17H20N6O/c1-9-6-13-14(7-10(9)2)21-17(20-13)16-15(11(3)23-24-16)22-18(25)19-8-12-4-5-12;1-8-6-12-13(7-9(8)2)20-16(19-12)15-14(10(3)22-23-15)21-17(24)18-11-4-5-11/h6-7,12H,4-5,8H2,1-3H3,(H,20,21)(H,23,24)(H2,19,22,25);6-7,11H,4-5H2,1-3H3,(H,19,20)(H,22,23)(H2,18,21,24). The Hall–Kier alpha value is -5.66. The summed E-state index contributed by atoms with van der Waals surface area (Å²) in [5, 5.41) is 26.1. The highest BCUT2D eigenvalue weighted by Gasteiger charge is 2.25. The van der Waals surface area contributed by atoms with Gasteiger partial charge in [-0.2, -0.15) is 10.2 Å². The molecule has 2 aromatic carbocycles. The number of hydrogen-bond donors (Lipinski definition) is 8. The van der Waals surface area contributed by atoms with Crippen LogP contribution >= 0.6 is 0 Å². The lowest BCUT2D eigenvalue weighted by atomic mass is 10.1. The van der Waals surface area contributed by atoms with Crippen molar-refractivity contribution in [2.75, 3.05) is 17.2 Å². The molecule has 2 aliphatic rings. The van der Waals surface area contributed by atoms with Crippen LogP contribution in [0.25, 0.3) is 45.1 Å². The van der Waals surface area contributed by atoms with Gasteiger partial charge in [0, 0.05) is 12.6 Å². The van der Waals surface area contributed by atoms with E-state index in [0.29, 0.717) is 46.4 Å². The number of carbonyl (C=O) groups excluding carboxylic acids is 2. The van der Waals surface area contributed by atoms with Crippen molar-refractivity contribution >= 4 is 45.5 Å². The Bertz CT molecular complexity index is 2120. The number of anilines is 2. The minimum atomic E-state index is -0.208. The third kappa shape index (κ3) is 6.98. The van der Waals surface area contributed by atoms with Crippen molar-refractivity contribution < 1.29 is 9.59 Å². The molecule has 2 saturated carbocycles. The number of urea groups is 2. The van der Waals surface area contributed by atoms with Crippen LogP contribution in [-0.2, 0) is 0 Å². The first-order valence-corrected chi connectivity index (χ1v) is 16.7. The number of aromatic nitrogens is 8. The van der Waals surface area contributed by atoms with Crippen molar-refractivity contribution in [3.05, 3.63) is 57.9 Å². The zero-order chi connectivity index (χ0) is 34.4. The highest BCUT2D eigenvalue weighted by atomic mass is 16.2. The largest absolute Gasteiger partial charge is 0.338 e. The Morgan fingerprint density at radius 1 is 0.673 bits per heavy atom. The lowest BCUT2D eigenvalue weighted by Gasteiger charge is -2.07. The molecular weight excluding hydrogens is 620 g/mol. The number of carbonyl (C=O) groups is 2. The van der Waals surface area contributed by atoms with E-state index in [-0.39, 0.29) is 12.1 Å². The number of fused-ring (bicyclic) bond motifs is 2. The second kappa shape index (κ2) is 12.7. The molecule has 0 bridgehead atoms. The lowest BCUT2D eigenvalue weighted by molar-refractivity contribution is 0.251. The molecule has 2 aliphatic carbocycles. The second-order valence-corrected chi connectivity index (χ2v) is 13.4. The van der Waals surface area contributed by atoms with Gasteiger partial charge < -0.3 is 31.2 Å². The van der Waals surface area contributed by atoms with Gasteiger partial charge >= 0.3 is 12.1 Å². The summed E-state index contributed by atoms with van der Waals surface area (Å²) in [6.45, 7) is 12.8. The van der Waals surface area contributed by atoms with Gasteiger partial charge in [0.25, 0.3) is 0 Å². The number of amides is 4. The maximum absolute atomic E-state index is 12.1. The summed E-state index contributed by atoms with van der Waals surface area (Å²) in [5.41, 5.74) is 12.6. The van der Waals surface area contributed by atoms with Crippen molar-refractivity contribution in [3.8, 4) is 23.0 Å². The fraction of sp³-hybridized carbons (Fsp3) is 0.371. The van der Waals surface area contributed by atoms with E-state index < -0.39 is 0 Å². The van der Waals surface area contributed by atoms with Crippen molar-refractivity contribution in [2.24, 2.45) is 5.92 Å². The zero-order valence-electron chi connectivity index (χ0n) is 28.6. The summed E-state index contributed by atoms with van der Waals surface area (Å²) < 4.78 is 0. The van der Waals surface area contributed by atoms with Gasteiger partial charge in [-0.3, -0.25) is 10.2 Å². The topological polar surface area (TPSA) is 197 Å². The first kappa shape index (κ1) is 31.9. The summed E-state index contributed by atoms with van der Waals surface area (Å²) in [5.74, 6) is 1.92. The fourth-order valence-corrected chi connectivity index (χ4v) is 5.55. The molecular formula is C35H42N12O2. The molecule has 8 N–H and O–H groups in total. The maximum Gasteiger partial charge on any atom is 0.319 e. The van der Waals surface area contributed by atoms with E-state index in [0.717, 1.165) is 52.8 Å². The van der Waals surface area contributed by atoms with Crippen LogP contribution in [-0.4, -0.2) is 65.0 Å². The Labute approximate surface area is 283 Å². The molecule has 0 aliphatic heterocycles. The molecule has 4 amide bonds. The molecule has 2 fully saturated rings. The molecule has 0 unspecified atom stereocenters. The van der Waals surface area contributed by atoms with E-state index in [1.54, 1.807) is 0 Å². The minimum absolute atomic E-state index is 0.203. The third-order valence-corrected chi connectivity index (χ3v) is 9.18. The van der Waals surface area contributed by atoms with Crippen LogP contribution in [0.3, 0.4) is 0 Å². The third-order valence-electron chi connectivity index (χ3n) is 9.18. The molecule has 0 radical (unpaired) electrons. The first-order valence-electron chi connectivity index (χ1n) is 16.7. The lowest BCUT2D eigenvalue weighted by Crippen LogP contribution is -2.30. The number of benzene rings is 2. The number of nitrogens with zero attached hydrogens (tertiary/aromatic N) is 4. The van der Waals surface area contributed by atoms with E-state index in [1.807, 2.05) is 13.8 Å². The Morgan fingerprint density at radius 3 is 1.61 bits per heavy atom. The molecule has 0 atom stereocenters. The molecule has 6 aromatic rings. The van der Waals surface area contributed by atoms with Crippen LogP contribution in [0.15, 0.2) is 24.3 Å². The number of H-pyrrole nitrogens is 4. The van der Waals surface area contributed by atoms with Crippen molar-refractivity contribution in [3.63, 3.8) is 0 Å². The van der Waals surface area contributed by atoms with Crippen LogP contribution in [0.2, 0.25) is 0 Å². The number of aromatic amines is 4. The van der Waals surface area contributed by atoms with Gasteiger partial charge in [0.2, 0.25) is 0 Å². The van der Waals surface area contributed by atoms with Crippen LogP contribution in [0.5, 0.6) is 0 Å². The monoisotopic (exact) mass is 662 g/mol. The van der Waals surface area contributed by atoms with E-state index >= 15 is 0 Å². The summed E-state index contributed by atoms with van der Waals surface area (Å²) in [7, 11) is 0. The predicted molar refractivity (Wildman–Crippen MR) is 191 cm³/mol. The van der Waals surface area contributed by atoms with Crippen LogP contribution in [0.1, 0.15) is 59.3 Å². The molecule has 49 heavy (non-hydrogen) atoms. The van der Waals surface area contributed by atoms with Gasteiger partial charge in [0.05, 0.1) is 44.8 Å². The molecule has 4 aromatic heterocycles. The van der Waals surface area contributed by atoms with Crippen LogP contribution in [0, 0.1) is 47.5 Å². The summed E-state index contributed by atoms with van der Waals surface area (Å²) in [6, 6.07) is 8.16. The Kier molecular flexibility index (Phi) is 8.30. The molecule has 8 rings (SSSR count). The SMILES string of the molecule is Cc1cc2nc(-c3n[nH]c(C)c3NC(=O)NC3CC3)[nH]c2cc1C.Cc1cc2nc(-c3n[nH]c(C)c3NC(=O)NCC3CC3)[nH]c2cc1C. The number of nitrogens with one attached hydrogen (secondary N) is 8. The van der Waals surface area contributed by atoms with Gasteiger partial charge in [0.15, 0.2) is 23.0 Å². The van der Waals surface area contributed by atoms with Gasteiger partial charge in [-0.25, -0.2) is 19.6 Å². The zero-order valence-corrected chi connectivity index (χ0v) is 28.6. The highest BCUT2D eigenvalue weighted by Crippen LogP contribution is 2.31. The average Bonchev–Trinajstić information content (AvgIpc) is 3.91. The number of imidazole rings is 2. The van der Waals surface area contributed by atoms with Crippen molar-refractivity contribution in [2.45, 2.75) is 73.3 Å². The predicted octanol–water partition coefficient (Wildman–Crippen LogP) is 6.57. The molecule has 254 valence electrons. The second-order valence-electron chi connectivity index (χ2n) is 13.4. The molecule has 14 nitrogen and oxygen atoms in total. The van der Waals surface area contributed by atoms with Gasteiger partial charge in [-0.15, -0.1) is 0 Å². The normalized spacial score (nSPS) is 14.1. The quantitative estimate of drug-likeness (QED) is 0.0951. The van der Waals surface area contributed by atoms with Crippen molar-refractivity contribution in [1.29, 1.82) is 0 Å². The molecule has 0 spiro atoms.